The van der Waals surface area contributed by atoms with E-state index < -0.39 is 17.7 Å². The lowest BCUT2D eigenvalue weighted by molar-refractivity contribution is -0.140. The van der Waals surface area contributed by atoms with Gasteiger partial charge in [-0.05, 0) is 53.9 Å². The van der Waals surface area contributed by atoms with Crippen LogP contribution < -0.4 is 4.74 Å². The zero-order chi connectivity index (χ0) is 22.8. The van der Waals surface area contributed by atoms with E-state index in [2.05, 4.69) is 9.97 Å². The topological polar surface area (TPSA) is 92.6 Å². The Morgan fingerprint density at radius 3 is 2.56 bits per heavy atom. The summed E-state index contributed by atoms with van der Waals surface area (Å²) in [6, 6.07) is 9.53. The number of nitrogens with zero attached hydrogens (tertiary/aromatic N) is 3. The van der Waals surface area contributed by atoms with Crippen molar-refractivity contribution < 1.29 is 19.4 Å². The van der Waals surface area contributed by atoms with Crippen LogP contribution in [0.25, 0.3) is 5.76 Å². The number of benzene rings is 1. The van der Waals surface area contributed by atoms with Crippen molar-refractivity contribution >= 4 is 29.1 Å². The first kappa shape index (κ1) is 21.5. The molecule has 1 unspecified atom stereocenters. The predicted molar refractivity (Wildman–Crippen MR) is 119 cm³/mol. The van der Waals surface area contributed by atoms with E-state index in [4.69, 9.17) is 16.3 Å². The fraction of sp³-hybridized carbons (Fsp3) is 0.167. The highest BCUT2D eigenvalue weighted by molar-refractivity contribution is 6.46. The number of carbonyl (C=O) groups excluding carboxylic acids is 2. The van der Waals surface area contributed by atoms with Crippen LogP contribution in [0.2, 0.25) is 5.02 Å². The quantitative estimate of drug-likeness (QED) is 0.358. The Kier molecular flexibility index (Phi) is 5.92. The van der Waals surface area contributed by atoms with E-state index in [1.165, 1.54) is 12.0 Å². The Labute approximate surface area is 190 Å². The zero-order valence-electron chi connectivity index (χ0n) is 17.4. The van der Waals surface area contributed by atoms with Gasteiger partial charge in [0.2, 0.25) is 0 Å². The molecule has 1 fully saturated rings. The lowest BCUT2D eigenvalue weighted by Crippen LogP contribution is -2.29. The number of likely N-dealkylation sites (tertiary alicyclic amines) is 1. The highest BCUT2D eigenvalue weighted by atomic mass is 35.5. The molecule has 0 spiro atoms. The molecule has 0 bridgehead atoms. The minimum absolute atomic E-state index is 0.0370. The van der Waals surface area contributed by atoms with Crippen LogP contribution in [-0.2, 0) is 16.1 Å². The average Bonchev–Trinajstić information content (AvgIpc) is 3.04. The van der Waals surface area contributed by atoms with Gasteiger partial charge in [0.1, 0.15) is 11.5 Å². The summed E-state index contributed by atoms with van der Waals surface area (Å²) in [5.74, 6) is -1.62. The smallest absolute Gasteiger partial charge is 0.295 e. The van der Waals surface area contributed by atoms with Gasteiger partial charge in [-0.1, -0.05) is 17.7 Å². The molecule has 1 aromatic carbocycles. The normalized spacial score (nSPS) is 17.6. The van der Waals surface area contributed by atoms with Crippen molar-refractivity contribution in [1.29, 1.82) is 0 Å². The molecule has 162 valence electrons. The van der Waals surface area contributed by atoms with Crippen LogP contribution in [0.4, 0.5) is 0 Å². The third kappa shape index (κ3) is 3.83. The standard InChI is InChI=1S/C24H20ClN3O4/c1-14-10-17(23(32-2)18(25)11-14)21(29)19-20(16-5-8-26-9-6-16)28(24(31)22(19)30)13-15-4-3-7-27-12-15/h3-12,20,29H,13H2,1-2H3/b21-19+. The monoisotopic (exact) mass is 449 g/mol. The second-order valence-electron chi connectivity index (χ2n) is 7.40. The van der Waals surface area contributed by atoms with E-state index in [1.807, 2.05) is 13.0 Å². The summed E-state index contributed by atoms with van der Waals surface area (Å²) < 4.78 is 5.38. The Morgan fingerprint density at radius 1 is 1.16 bits per heavy atom. The van der Waals surface area contributed by atoms with Crippen molar-refractivity contribution in [2.75, 3.05) is 7.11 Å². The van der Waals surface area contributed by atoms with Crippen LogP contribution in [0.15, 0.2) is 66.8 Å². The molecule has 8 heteroatoms. The molecule has 0 aliphatic carbocycles. The van der Waals surface area contributed by atoms with Crippen molar-refractivity contribution in [1.82, 2.24) is 14.9 Å². The van der Waals surface area contributed by atoms with Crippen molar-refractivity contribution in [2.24, 2.45) is 0 Å². The second kappa shape index (κ2) is 8.80. The van der Waals surface area contributed by atoms with Gasteiger partial charge in [0, 0.05) is 31.3 Å². The van der Waals surface area contributed by atoms with Crippen LogP contribution in [0, 0.1) is 6.92 Å². The Balaban J connectivity index is 1.92. The summed E-state index contributed by atoms with van der Waals surface area (Å²) in [6.07, 6.45) is 6.41. The summed E-state index contributed by atoms with van der Waals surface area (Å²) in [5.41, 5.74) is 2.37. The Morgan fingerprint density at radius 2 is 1.91 bits per heavy atom. The number of methoxy groups -OCH3 is 1. The fourth-order valence-electron chi connectivity index (χ4n) is 3.88. The number of halogens is 1. The van der Waals surface area contributed by atoms with Gasteiger partial charge in [-0.3, -0.25) is 19.6 Å². The third-order valence-electron chi connectivity index (χ3n) is 5.28. The number of ketones is 1. The van der Waals surface area contributed by atoms with Gasteiger partial charge in [-0.2, -0.15) is 0 Å². The molecule has 1 amide bonds. The van der Waals surface area contributed by atoms with Crippen LogP contribution in [-0.4, -0.2) is 38.8 Å². The number of aliphatic hydroxyl groups is 1. The van der Waals surface area contributed by atoms with Crippen molar-refractivity contribution in [3.63, 3.8) is 0 Å². The Hall–Kier alpha value is -3.71. The van der Waals surface area contributed by atoms with Crippen LogP contribution in [0.3, 0.4) is 0 Å². The number of Topliss-reactive ketones (excluding diaryl/α,β-unsaturated/α-hetero) is 1. The molecule has 4 rings (SSSR count). The van der Waals surface area contributed by atoms with Gasteiger partial charge in [0.25, 0.3) is 11.7 Å². The number of amides is 1. The molecule has 1 saturated heterocycles. The number of carbonyl (C=O) groups is 2. The summed E-state index contributed by atoms with van der Waals surface area (Å²) in [7, 11) is 1.43. The highest BCUT2D eigenvalue weighted by Gasteiger charge is 2.46. The first-order valence-corrected chi connectivity index (χ1v) is 10.2. The number of hydrogen-bond donors (Lipinski definition) is 1. The molecule has 1 aliphatic rings. The first-order chi connectivity index (χ1) is 15.4. The summed E-state index contributed by atoms with van der Waals surface area (Å²) in [4.78, 5) is 35.8. The average molecular weight is 450 g/mol. The maximum Gasteiger partial charge on any atom is 0.295 e. The molecule has 32 heavy (non-hydrogen) atoms. The molecule has 3 aromatic rings. The van der Waals surface area contributed by atoms with Crippen LogP contribution in [0.1, 0.15) is 28.3 Å². The Bertz CT molecular complexity index is 1210. The minimum Gasteiger partial charge on any atom is -0.507 e. The SMILES string of the molecule is COc1c(Cl)cc(C)cc1/C(O)=C1\C(=O)C(=O)N(Cc2cccnc2)C1c1ccncc1. The number of rotatable bonds is 5. The number of ether oxygens (including phenoxy) is 1. The minimum atomic E-state index is -0.817. The number of hydrogen-bond acceptors (Lipinski definition) is 6. The molecule has 7 nitrogen and oxygen atoms in total. The van der Waals surface area contributed by atoms with Gasteiger partial charge >= 0.3 is 0 Å². The molecule has 1 N–H and O–H groups in total. The summed E-state index contributed by atoms with van der Waals surface area (Å²) >= 11 is 6.30. The zero-order valence-corrected chi connectivity index (χ0v) is 18.2. The van der Waals surface area contributed by atoms with Crippen molar-refractivity contribution in [3.8, 4) is 5.75 Å². The summed E-state index contributed by atoms with van der Waals surface area (Å²) in [5, 5.41) is 11.6. The van der Waals surface area contributed by atoms with E-state index in [0.717, 1.165) is 11.1 Å². The third-order valence-corrected chi connectivity index (χ3v) is 5.57. The van der Waals surface area contributed by atoms with E-state index >= 15 is 0 Å². The number of aryl methyl sites for hydroxylation is 1. The molecule has 0 saturated carbocycles. The van der Waals surface area contributed by atoms with Crippen LogP contribution >= 0.6 is 11.6 Å². The molecule has 1 atom stereocenters. The lowest BCUT2D eigenvalue weighted by atomic mass is 9.95. The van der Waals surface area contributed by atoms with Gasteiger partial charge < -0.3 is 14.7 Å². The van der Waals surface area contributed by atoms with E-state index in [1.54, 1.807) is 55.1 Å². The second-order valence-corrected chi connectivity index (χ2v) is 7.80. The fourth-order valence-corrected chi connectivity index (χ4v) is 4.23. The van der Waals surface area contributed by atoms with Gasteiger partial charge in [-0.15, -0.1) is 0 Å². The lowest BCUT2D eigenvalue weighted by Gasteiger charge is -2.25. The maximum absolute atomic E-state index is 13.2. The van der Waals surface area contributed by atoms with Crippen molar-refractivity contribution in [3.05, 3.63) is 94.0 Å². The van der Waals surface area contributed by atoms with Gasteiger partial charge in [-0.25, -0.2) is 0 Å². The molecule has 1 aliphatic heterocycles. The molecular weight excluding hydrogens is 430 g/mol. The number of aromatic nitrogens is 2. The molecule has 3 heterocycles. The van der Waals surface area contributed by atoms with E-state index in [0.29, 0.717) is 10.6 Å². The molecule has 2 aromatic heterocycles. The first-order valence-electron chi connectivity index (χ1n) is 9.84. The van der Waals surface area contributed by atoms with E-state index in [-0.39, 0.29) is 29.2 Å². The maximum atomic E-state index is 13.2. The van der Waals surface area contributed by atoms with Crippen molar-refractivity contribution in [2.45, 2.75) is 19.5 Å². The highest BCUT2D eigenvalue weighted by Crippen LogP contribution is 2.43. The molecule has 0 radical (unpaired) electrons. The molecular formula is C24H20ClN3O4. The van der Waals surface area contributed by atoms with Gasteiger partial charge in [0.15, 0.2) is 0 Å². The number of aliphatic hydroxyl groups excluding tert-OH is 1. The van der Waals surface area contributed by atoms with Gasteiger partial charge in [0.05, 0.1) is 29.3 Å². The summed E-state index contributed by atoms with van der Waals surface area (Å²) in [6.45, 7) is 1.96. The number of pyridine rings is 2. The van der Waals surface area contributed by atoms with Crippen LogP contribution in [0.5, 0.6) is 5.75 Å². The van der Waals surface area contributed by atoms with E-state index in [9.17, 15) is 14.7 Å². The largest absolute Gasteiger partial charge is 0.507 e. The predicted octanol–water partition coefficient (Wildman–Crippen LogP) is 4.07.